The number of hydrogen-bond acceptors (Lipinski definition) is 2. The first-order valence-electron chi connectivity index (χ1n) is 11.2. The van der Waals surface area contributed by atoms with Crippen molar-refractivity contribution < 1.29 is 9.18 Å². The molecule has 3 nitrogen and oxygen atoms in total. The van der Waals surface area contributed by atoms with Gasteiger partial charge in [0.1, 0.15) is 0 Å². The second-order valence-corrected chi connectivity index (χ2v) is 10.3. The number of alkyl halides is 1. The van der Waals surface area contributed by atoms with Crippen LogP contribution in [0.4, 0.5) is 4.39 Å². The van der Waals surface area contributed by atoms with Gasteiger partial charge in [0.2, 0.25) is 5.91 Å². The molecule has 152 valence electrons. The highest BCUT2D eigenvalue weighted by Crippen LogP contribution is 2.77. The molecule has 2 N–H and O–H groups in total. The van der Waals surface area contributed by atoms with E-state index in [-0.39, 0.29) is 34.9 Å². The topological polar surface area (TPSA) is 41.1 Å². The molecule has 28 heavy (non-hydrogen) atoms. The fourth-order valence-electron chi connectivity index (χ4n) is 7.83. The smallest absolute Gasteiger partial charge is 0.227 e. The van der Waals surface area contributed by atoms with Crippen LogP contribution in [0.15, 0.2) is 30.3 Å². The normalized spacial score (nSPS) is 44.0. The van der Waals surface area contributed by atoms with Crippen LogP contribution in [0.25, 0.3) is 0 Å². The minimum Gasteiger partial charge on any atom is -0.353 e. The van der Waals surface area contributed by atoms with Crippen molar-refractivity contribution in [1.82, 2.24) is 10.6 Å². The first kappa shape index (κ1) is 18.6. The fourth-order valence-corrected chi connectivity index (χ4v) is 7.83. The maximum atomic E-state index is 13.8. The highest BCUT2D eigenvalue weighted by molar-refractivity contribution is 5.86. The molecule has 5 aliphatic rings. The van der Waals surface area contributed by atoms with Crippen LogP contribution in [0.3, 0.4) is 0 Å². The number of amides is 1. The summed E-state index contributed by atoms with van der Waals surface area (Å²) in [5, 5.41) is 6.88. The van der Waals surface area contributed by atoms with Gasteiger partial charge in [-0.2, -0.15) is 0 Å². The molecule has 1 aliphatic heterocycles. The monoisotopic (exact) mass is 384 g/mol. The summed E-state index contributed by atoms with van der Waals surface area (Å²) in [4.78, 5) is 13.8. The molecule has 1 aromatic rings. The fraction of sp³-hybridized carbons (Fsp3) is 0.708. The van der Waals surface area contributed by atoms with Crippen molar-refractivity contribution in [3.05, 3.63) is 35.9 Å². The molecule has 1 aromatic carbocycles. The molecule has 5 fully saturated rings. The Morgan fingerprint density at radius 2 is 2.04 bits per heavy atom. The molecule has 6 rings (SSSR count). The zero-order valence-electron chi connectivity index (χ0n) is 17.0. The number of carbonyl (C=O) groups is 1. The van der Waals surface area contributed by atoms with Gasteiger partial charge in [-0.15, -0.1) is 0 Å². The van der Waals surface area contributed by atoms with Crippen molar-refractivity contribution in [2.24, 2.45) is 22.7 Å². The predicted octanol–water partition coefficient (Wildman–Crippen LogP) is 3.98. The Morgan fingerprint density at radius 1 is 1.21 bits per heavy atom. The van der Waals surface area contributed by atoms with Crippen LogP contribution in [-0.2, 0) is 10.2 Å². The average Bonchev–Trinajstić information content (AvgIpc) is 3.03. The Hall–Kier alpha value is -1.42. The summed E-state index contributed by atoms with van der Waals surface area (Å²) in [5.74, 6) is 1.25. The van der Waals surface area contributed by atoms with E-state index >= 15 is 0 Å². The van der Waals surface area contributed by atoms with Crippen molar-refractivity contribution >= 4 is 5.91 Å². The average molecular weight is 385 g/mol. The zero-order valence-corrected chi connectivity index (χ0v) is 17.0. The van der Waals surface area contributed by atoms with Crippen LogP contribution < -0.4 is 10.6 Å². The number of nitrogens with one attached hydrogen (secondary N) is 2. The standard InChI is InChI=1S/C24H33FN2O/c1-17-14-26-10-7-20(17)27-21(28)24-13-18-11-22(16-24,19-5-3-2-4-6-19)15-23(24,12-18)8-9-25/h2-6,17-18,20,26H,7-16H2,1H3,(H,27,28)/t17?,18?,20?,22-,23-,24?/m1/s1. The summed E-state index contributed by atoms with van der Waals surface area (Å²) in [6, 6.07) is 11.0. The van der Waals surface area contributed by atoms with Crippen LogP contribution in [0.5, 0.6) is 0 Å². The maximum Gasteiger partial charge on any atom is 0.227 e. The van der Waals surface area contributed by atoms with Crippen LogP contribution in [0.1, 0.15) is 57.4 Å². The molecule has 1 saturated heterocycles. The molecule has 0 aromatic heterocycles. The number of halogens is 1. The highest BCUT2D eigenvalue weighted by Gasteiger charge is 2.74. The molecule has 0 radical (unpaired) electrons. The van der Waals surface area contributed by atoms with Crippen LogP contribution in [0, 0.1) is 22.7 Å². The van der Waals surface area contributed by atoms with E-state index in [1.54, 1.807) is 0 Å². The molecule has 0 spiro atoms. The van der Waals surface area contributed by atoms with E-state index in [1.807, 2.05) is 0 Å². The molecule has 4 unspecified atom stereocenters. The van der Waals surface area contributed by atoms with Gasteiger partial charge >= 0.3 is 0 Å². The first-order valence-corrected chi connectivity index (χ1v) is 11.2. The van der Waals surface area contributed by atoms with Gasteiger partial charge in [-0.1, -0.05) is 37.3 Å². The molecular weight excluding hydrogens is 351 g/mol. The Bertz CT molecular complexity index is 754. The van der Waals surface area contributed by atoms with E-state index in [2.05, 4.69) is 47.9 Å². The second-order valence-electron chi connectivity index (χ2n) is 10.3. The summed E-state index contributed by atoms with van der Waals surface area (Å²) in [7, 11) is 0. The largest absolute Gasteiger partial charge is 0.353 e. The van der Waals surface area contributed by atoms with Gasteiger partial charge in [-0.25, -0.2) is 0 Å². The molecule has 1 heterocycles. The van der Waals surface area contributed by atoms with Crippen LogP contribution in [-0.4, -0.2) is 31.7 Å². The van der Waals surface area contributed by atoms with Gasteiger partial charge in [0.05, 0.1) is 12.1 Å². The van der Waals surface area contributed by atoms with Crippen molar-refractivity contribution in [3.8, 4) is 0 Å². The Kier molecular flexibility index (Phi) is 4.35. The molecule has 4 heteroatoms. The van der Waals surface area contributed by atoms with E-state index in [1.165, 1.54) is 12.0 Å². The summed E-state index contributed by atoms with van der Waals surface area (Å²) in [6.45, 7) is 3.84. The van der Waals surface area contributed by atoms with Crippen molar-refractivity contribution in [2.45, 2.75) is 63.3 Å². The van der Waals surface area contributed by atoms with Gasteiger partial charge < -0.3 is 10.6 Å². The van der Waals surface area contributed by atoms with Crippen molar-refractivity contribution in [1.29, 1.82) is 0 Å². The molecule has 6 atom stereocenters. The van der Waals surface area contributed by atoms with Crippen molar-refractivity contribution in [3.63, 3.8) is 0 Å². The first-order chi connectivity index (χ1) is 13.5. The van der Waals surface area contributed by atoms with Gasteiger partial charge in [0.25, 0.3) is 0 Å². The van der Waals surface area contributed by atoms with Gasteiger partial charge in [-0.3, -0.25) is 9.18 Å². The van der Waals surface area contributed by atoms with Crippen LogP contribution >= 0.6 is 0 Å². The number of hydrogen-bond donors (Lipinski definition) is 2. The Morgan fingerprint density at radius 3 is 2.79 bits per heavy atom. The third kappa shape index (κ3) is 2.52. The van der Waals surface area contributed by atoms with E-state index in [0.717, 1.165) is 45.2 Å². The second kappa shape index (κ2) is 6.55. The number of piperidine rings is 1. The summed E-state index contributed by atoms with van der Waals surface area (Å²) < 4.78 is 13.8. The minimum absolute atomic E-state index is 0.0642. The number of benzene rings is 1. The summed E-state index contributed by atoms with van der Waals surface area (Å²) >= 11 is 0. The summed E-state index contributed by atoms with van der Waals surface area (Å²) in [6.07, 6.45) is 6.61. The quantitative estimate of drug-likeness (QED) is 0.806. The van der Waals surface area contributed by atoms with E-state index in [4.69, 9.17) is 0 Å². The molecule has 4 aliphatic carbocycles. The summed E-state index contributed by atoms with van der Waals surface area (Å²) in [5.41, 5.74) is 0.908. The molecular formula is C24H33FN2O. The lowest BCUT2D eigenvalue weighted by atomic mass is 9.63. The lowest BCUT2D eigenvalue weighted by Gasteiger charge is -2.41. The van der Waals surface area contributed by atoms with Gasteiger partial charge in [0, 0.05) is 6.04 Å². The molecule has 1 amide bonds. The van der Waals surface area contributed by atoms with E-state index in [9.17, 15) is 9.18 Å². The third-order valence-electron chi connectivity index (χ3n) is 8.82. The predicted molar refractivity (Wildman–Crippen MR) is 109 cm³/mol. The zero-order chi connectivity index (χ0) is 19.4. The Balaban J connectivity index is 1.49. The maximum absolute atomic E-state index is 13.8. The molecule has 4 saturated carbocycles. The highest BCUT2D eigenvalue weighted by atomic mass is 19.1. The van der Waals surface area contributed by atoms with Crippen LogP contribution in [0.2, 0.25) is 0 Å². The van der Waals surface area contributed by atoms with Gasteiger partial charge in [-0.05, 0) is 86.3 Å². The van der Waals surface area contributed by atoms with Gasteiger partial charge in [0.15, 0.2) is 0 Å². The number of rotatable bonds is 5. The van der Waals surface area contributed by atoms with E-state index in [0.29, 0.717) is 18.3 Å². The number of carbonyl (C=O) groups excluding carboxylic acids is 1. The lowest BCUT2D eigenvalue weighted by Crippen LogP contribution is -2.55. The van der Waals surface area contributed by atoms with E-state index < -0.39 is 0 Å². The van der Waals surface area contributed by atoms with Crippen molar-refractivity contribution in [2.75, 3.05) is 19.8 Å². The SMILES string of the molecule is CC1CNCCC1NC(=O)C12CC3C[C@](c4ccccc4)(C1)C[C@@]2(CCF)C3. The third-order valence-corrected chi connectivity index (χ3v) is 8.82. The minimum atomic E-state index is -0.373. The molecule has 4 bridgehead atoms. The lowest BCUT2D eigenvalue weighted by molar-refractivity contribution is -0.138. The Labute approximate surface area is 167 Å².